The van der Waals surface area contributed by atoms with Gasteiger partial charge in [0.05, 0.1) is 5.56 Å². The smallest absolute Gasteiger partial charge is 0.239 e. The first-order chi connectivity index (χ1) is 11.3. The van der Waals surface area contributed by atoms with E-state index in [0.29, 0.717) is 12.1 Å². The number of amides is 1. The maximum Gasteiger partial charge on any atom is 0.239 e. The van der Waals surface area contributed by atoms with E-state index in [4.69, 9.17) is 0 Å². The number of carbonyl (C=O) groups is 1. The van der Waals surface area contributed by atoms with Crippen LogP contribution in [0.5, 0.6) is 0 Å². The molecule has 4 nitrogen and oxygen atoms in total. The van der Waals surface area contributed by atoms with E-state index in [1.165, 1.54) is 5.56 Å². The van der Waals surface area contributed by atoms with E-state index in [1.807, 2.05) is 59.2 Å². The van der Waals surface area contributed by atoms with Crippen LogP contribution in [0.3, 0.4) is 0 Å². The van der Waals surface area contributed by atoms with Gasteiger partial charge >= 0.3 is 0 Å². The first kappa shape index (κ1) is 14.9. The number of benzene rings is 2. The van der Waals surface area contributed by atoms with Crippen molar-refractivity contribution < 1.29 is 4.79 Å². The maximum atomic E-state index is 12.1. The molecular weight excluding hydrogens is 286 g/mol. The highest BCUT2D eigenvalue weighted by Gasteiger charge is 2.10. The molecule has 0 aliphatic carbocycles. The van der Waals surface area contributed by atoms with Crippen LogP contribution >= 0.6 is 0 Å². The molecule has 0 bridgehead atoms. The summed E-state index contributed by atoms with van der Waals surface area (Å²) in [4.78, 5) is 12.1. The second-order valence-electron chi connectivity index (χ2n) is 5.39. The predicted octanol–water partition coefficient (Wildman–Crippen LogP) is 2.87. The summed E-state index contributed by atoms with van der Waals surface area (Å²) in [6.45, 7) is 0.824. The van der Waals surface area contributed by atoms with Gasteiger partial charge in [-0.05, 0) is 18.1 Å². The lowest BCUT2D eigenvalue weighted by atomic mass is 10.1. The molecule has 1 aromatic heterocycles. The third kappa shape index (κ3) is 3.41. The molecule has 0 unspecified atom stereocenters. The first-order valence-corrected chi connectivity index (χ1v) is 7.56. The van der Waals surface area contributed by atoms with Crippen molar-refractivity contribution in [1.82, 2.24) is 9.88 Å². The Kier molecular flexibility index (Phi) is 4.39. The van der Waals surface area contributed by atoms with Gasteiger partial charge in [-0.25, -0.2) is 0 Å². The minimum absolute atomic E-state index is 0.0498. The number of hydrogen-bond donors (Lipinski definition) is 1. The number of carbonyl (C=O) groups excluding carboxylic acids is 1. The first-order valence-electron chi connectivity index (χ1n) is 7.56. The molecule has 0 aliphatic heterocycles. The van der Waals surface area contributed by atoms with Gasteiger partial charge < -0.3 is 9.88 Å². The summed E-state index contributed by atoms with van der Waals surface area (Å²) >= 11 is 0. The number of aromatic nitrogens is 1. The Hall–Kier alpha value is -3.06. The predicted molar refractivity (Wildman–Crippen MR) is 89.8 cm³/mol. The molecule has 1 heterocycles. The third-order valence-electron chi connectivity index (χ3n) is 3.80. The summed E-state index contributed by atoms with van der Waals surface area (Å²) in [5, 5.41) is 13.0. The minimum atomic E-state index is -0.0498. The molecule has 114 valence electrons. The lowest BCUT2D eigenvalue weighted by Gasteiger charge is -2.07. The summed E-state index contributed by atoms with van der Waals surface area (Å²) in [5.41, 5.74) is 2.70. The number of nitrogens with one attached hydrogen (secondary N) is 1. The van der Waals surface area contributed by atoms with Gasteiger partial charge in [0.15, 0.2) is 0 Å². The van der Waals surface area contributed by atoms with Crippen LogP contribution in [0.15, 0.2) is 60.8 Å². The fourth-order valence-electron chi connectivity index (χ4n) is 2.67. The Morgan fingerprint density at radius 2 is 1.83 bits per heavy atom. The van der Waals surface area contributed by atoms with Crippen molar-refractivity contribution in [3.05, 3.63) is 71.9 Å². The lowest BCUT2D eigenvalue weighted by molar-refractivity contribution is -0.121. The quantitative estimate of drug-likeness (QED) is 0.788. The molecule has 0 saturated carbocycles. The number of fused-ring (bicyclic) bond motifs is 1. The molecule has 23 heavy (non-hydrogen) atoms. The zero-order valence-electron chi connectivity index (χ0n) is 12.7. The Morgan fingerprint density at radius 3 is 2.61 bits per heavy atom. The van der Waals surface area contributed by atoms with Crippen LogP contribution in [-0.4, -0.2) is 17.0 Å². The van der Waals surface area contributed by atoms with E-state index in [9.17, 15) is 10.1 Å². The molecule has 0 radical (unpaired) electrons. The summed E-state index contributed by atoms with van der Waals surface area (Å²) in [5.74, 6) is -0.0498. The van der Waals surface area contributed by atoms with Crippen molar-refractivity contribution in [2.24, 2.45) is 0 Å². The van der Waals surface area contributed by atoms with Crippen LogP contribution in [0, 0.1) is 11.3 Å². The highest BCUT2D eigenvalue weighted by Crippen LogP contribution is 2.20. The summed E-state index contributed by atoms with van der Waals surface area (Å²) in [7, 11) is 0. The van der Waals surface area contributed by atoms with E-state index < -0.39 is 0 Å². The van der Waals surface area contributed by atoms with Crippen LogP contribution in [0.2, 0.25) is 0 Å². The minimum Gasteiger partial charge on any atom is -0.354 e. The molecule has 1 amide bonds. The fraction of sp³-hybridized carbons (Fsp3) is 0.158. The summed E-state index contributed by atoms with van der Waals surface area (Å²) in [6.07, 6.45) is 2.55. The average molecular weight is 303 g/mol. The SMILES string of the molecule is N#Cc1cn(CC(=O)NCCc2ccccc2)c2ccccc12. The second kappa shape index (κ2) is 6.80. The van der Waals surface area contributed by atoms with E-state index >= 15 is 0 Å². The zero-order chi connectivity index (χ0) is 16.1. The zero-order valence-corrected chi connectivity index (χ0v) is 12.7. The molecule has 0 saturated heterocycles. The summed E-state index contributed by atoms with van der Waals surface area (Å²) < 4.78 is 1.83. The topological polar surface area (TPSA) is 57.8 Å². The molecule has 0 fully saturated rings. The maximum absolute atomic E-state index is 12.1. The second-order valence-corrected chi connectivity index (χ2v) is 5.39. The van der Waals surface area contributed by atoms with Crippen LogP contribution in [-0.2, 0) is 17.8 Å². The summed E-state index contributed by atoms with van der Waals surface area (Å²) in [6, 6.07) is 19.9. The van der Waals surface area contributed by atoms with Gasteiger partial charge in [-0.2, -0.15) is 5.26 Å². The molecule has 2 aromatic carbocycles. The van der Waals surface area contributed by atoms with Gasteiger partial charge in [0.2, 0.25) is 5.91 Å². The van der Waals surface area contributed by atoms with E-state index in [0.717, 1.165) is 17.3 Å². The number of nitrogens with zero attached hydrogens (tertiary/aromatic N) is 2. The Bertz CT molecular complexity index is 859. The Labute approximate surface area is 135 Å². The third-order valence-corrected chi connectivity index (χ3v) is 3.80. The van der Waals surface area contributed by atoms with Gasteiger partial charge in [0.1, 0.15) is 12.6 Å². The van der Waals surface area contributed by atoms with E-state index in [-0.39, 0.29) is 12.5 Å². The van der Waals surface area contributed by atoms with E-state index in [2.05, 4.69) is 11.4 Å². The van der Waals surface area contributed by atoms with E-state index in [1.54, 1.807) is 6.20 Å². The van der Waals surface area contributed by atoms with Gasteiger partial charge in [0.25, 0.3) is 0 Å². The molecule has 0 spiro atoms. The van der Waals surface area contributed by atoms with Crippen molar-refractivity contribution in [3.63, 3.8) is 0 Å². The monoisotopic (exact) mass is 303 g/mol. The van der Waals surface area contributed by atoms with Crippen LogP contribution in [0.25, 0.3) is 10.9 Å². The number of rotatable bonds is 5. The average Bonchev–Trinajstić information content (AvgIpc) is 2.94. The Balaban J connectivity index is 1.63. The number of nitriles is 1. The molecule has 4 heteroatoms. The Morgan fingerprint density at radius 1 is 1.09 bits per heavy atom. The van der Waals surface area contributed by atoms with Crippen molar-refractivity contribution in [2.45, 2.75) is 13.0 Å². The highest BCUT2D eigenvalue weighted by atomic mass is 16.1. The van der Waals surface area contributed by atoms with Crippen molar-refractivity contribution in [2.75, 3.05) is 6.54 Å². The van der Waals surface area contributed by atoms with Gasteiger partial charge in [0, 0.05) is 23.6 Å². The highest BCUT2D eigenvalue weighted by molar-refractivity contribution is 5.88. The number of para-hydroxylation sites is 1. The molecule has 1 N–H and O–H groups in total. The normalized spacial score (nSPS) is 10.4. The molecule has 3 rings (SSSR count). The lowest BCUT2D eigenvalue weighted by Crippen LogP contribution is -2.29. The molecular formula is C19H17N3O. The van der Waals surface area contributed by atoms with Gasteiger partial charge in [-0.15, -0.1) is 0 Å². The van der Waals surface area contributed by atoms with Crippen molar-refractivity contribution >= 4 is 16.8 Å². The van der Waals surface area contributed by atoms with Crippen LogP contribution in [0.1, 0.15) is 11.1 Å². The van der Waals surface area contributed by atoms with Crippen molar-refractivity contribution in [3.8, 4) is 6.07 Å². The van der Waals surface area contributed by atoms with Crippen LogP contribution < -0.4 is 5.32 Å². The van der Waals surface area contributed by atoms with Crippen molar-refractivity contribution in [1.29, 1.82) is 5.26 Å². The van der Waals surface area contributed by atoms with Crippen LogP contribution in [0.4, 0.5) is 0 Å². The van der Waals surface area contributed by atoms with Gasteiger partial charge in [-0.3, -0.25) is 4.79 Å². The molecule has 3 aromatic rings. The standard InChI is InChI=1S/C19H17N3O/c20-12-16-13-22(18-9-5-4-8-17(16)18)14-19(23)21-11-10-15-6-2-1-3-7-15/h1-9,13H,10-11,14H2,(H,21,23). The fourth-order valence-corrected chi connectivity index (χ4v) is 2.67. The molecule has 0 atom stereocenters. The van der Waals surface area contributed by atoms with Gasteiger partial charge in [-0.1, -0.05) is 48.5 Å². The number of hydrogen-bond acceptors (Lipinski definition) is 2. The largest absolute Gasteiger partial charge is 0.354 e. The molecule has 0 aliphatic rings.